The third-order valence-electron chi connectivity index (χ3n) is 3.45. The Morgan fingerprint density at radius 3 is 2.76 bits per heavy atom. The Labute approximate surface area is 102 Å². The fraction of sp³-hybridized carbons (Fsp3) is 0.538. The minimum Gasteiger partial charge on any atom is -0.373 e. The molecule has 4 nitrogen and oxygen atoms in total. The van der Waals surface area contributed by atoms with E-state index < -0.39 is 0 Å². The second-order valence-corrected chi connectivity index (χ2v) is 4.61. The van der Waals surface area contributed by atoms with Gasteiger partial charge >= 0.3 is 0 Å². The van der Waals surface area contributed by atoms with E-state index >= 15 is 0 Å². The average Bonchev–Trinajstić information content (AvgIpc) is 2.32. The summed E-state index contributed by atoms with van der Waals surface area (Å²) in [6.45, 7) is 0. The van der Waals surface area contributed by atoms with Gasteiger partial charge in [0.1, 0.15) is 5.82 Å². The van der Waals surface area contributed by atoms with Crippen LogP contribution in [0, 0.1) is 5.92 Å². The van der Waals surface area contributed by atoms with Crippen LogP contribution in [-0.2, 0) is 4.79 Å². The van der Waals surface area contributed by atoms with Gasteiger partial charge in [0.2, 0.25) is 5.91 Å². The zero-order chi connectivity index (χ0) is 12.3. The maximum absolute atomic E-state index is 12.0. The molecule has 0 spiro atoms. The largest absolute Gasteiger partial charge is 0.373 e. The third kappa shape index (κ3) is 2.75. The van der Waals surface area contributed by atoms with Gasteiger partial charge < -0.3 is 10.2 Å². The molecule has 1 heterocycles. The van der Waals surface area contributed by atoms with Crippen molar-refractivity contribution in [1.29, 1.82) is 0 Å². The average molecular weight is 233 g/mol. The first-order valence-electron chi connectivity index (χ1n) is 6.11. The minimum absolute atomic E-state index is 0.189. The van der Waals surface area contributed by atoms with Crippen molar-refractivity contribution in [2.75, 3.05) is 24.3 Å². The highest BCUT2D eigenvalue weighted by molar-refractivity contribution is 5.92. The Morgan fingerprint density at radius 1 is 1.53 bits per heavy atom. The molecule has 92 valence electrons. The van der Waals surface area contributed by atoms with E-state index in [-0.39, 0.29) is 5.91 Å². The van der Waals surface area contributed by atoms with E-state index in [9.17, 15) is 4.79 Å². The first-order chi connectivity index (χ1) is 8.20. The number of carbonyl (C=O) groups is 1. The molecule has 0 saturated heterocycles. The Morgan fingerprint density at radius 2 is 2.29 bits per heavy atom. The number of nitrogens with one attached hydrogen (secondary N) is 1. The predicted octanol–water partition coefficient (Wildman–Crippen LogP) is 2.28. The molecule has 0 aromatic carbocycles. The van der Waals surface area contributed by atoms with E-state index in [0.29, 0.717) is 12.3 Å². The first kappa shape index (κ1) is 11.9. The normalized spacial score (nSPS) is 15.2. The number of hydrogen-bond donors (Lipinski definition) is 1. The molecule has 4 heteroatoms. The highest BCUT2D eigenvalue weighted by atomic mass is 16.2. The van der Waals surface area contributed by atoms with Crippen LogP contribution >= 0.6 is 0 Å². The van der Waals surface area contributed by atoms with Gasteiger partial charge in [-0.2, -0.15) is 0 Å². The molecule has 1 amide bonds. The van der Waals surface area contributed by atoms with Gasteiger partial charge in [0.25, 0.3) is 0 Å². The summed E-state index contributed by atoms with van der Waals surface area (Å²) in [6.07, 6.45) is 6.09. The topological polar surface area (TPSA) is 45.2 Å². The zero-order valence-electron chi connectivity index (χ0n) is 10.4. The van der Waals surface area contributed by atoms with Crippen molar-refractivity contribution < 1.29 is 4.79 Å². The highest BCUT2D eigenvalue weighted by Crippen LogP contribution is 2.30. The molecule has 0 atom stereocenters. The van der Waals surface area contributed by atoms with Crippen molar-refractivity contribution in [3.8, 4) is 0 Å². The molecular formula is C13H19N3O. The standard InChI is InChI=1S/C13H19N3O/c1-14-12-7-6-11(9-15-12)16(2)13(17)8-10-4-3-5-10/h6-7,9-10H,3-5,8H2,1-2H3,(H,14,15). The molecule has 0 radical (unpaired) electrons. The number of carbonyl (C=O) groups excluding carboxylic acids is 1. The van der Waals surface area contributed by atoms with Gasteiger partial charge in [0.05, 0.1) is 11.9 Å². The number of nitrogens with zero attached hydrogens (tertiary/aromatic N) is 2. The second kappa shape index (κ2) is 5.17. The Bertz CT molecular complexity index is 384. The van der Waals surface area contributed by atoms with Gasteiger partial charge in [-0.1, -0.05) is 6.42 Å². The molecule has 1 saturated carbocycles. The lowest BCUT2D eigenvalue weighted by molar-refractivity contribution is -0.119. The molecular weight excluding hydrogens is 214 g/mol. The molecule has 0 bridgehead atoms. The number of aromatic nitrogens is 1. The maximum atomic E-state index is 12.0. The Balaban J connectivity index is 1.96. The monoisotopic (exact) mass is 233 g/mol. The summed E-state index contributed by atoms with van der Waals surface area (Å²) < 4.78 is 0. The Kier molecular flexibility index (Phi) is 3.61. The summed E-state index contributed by atoms with van der Waals surface area (Å²) >= 11 is 0. The number of hydrogen-bond acceptors (Lipinski definition) is 3. The molecule has 2 rings (SSSR count). The number of anilines is 2. The van der Waals surface area contributed by atoms with Crippen LogP contribution < -0.4 is 10.2 Å². The van der Waals surface area contributed by atoms with Crippen molar-refractivity contribution in [1.82, 2.24) is 4.98 Å². The summed E-state index contributed by atoms with van der Waals surface area (Å²) in [5, 5.41) is 2.96. The van der Waals surface area contributed by atoms with Crippen LogP contribution in [0.1, 0.15) is 25.7 Å². The summed E-state index contributed by atoms with van der Waals surface area (Å²) in [5.41, 5.74) is 0.855. The molecule has 1 aromatic rings. The van der Waals surface area contributed by atoms with E-state index in [4.69, 9.17) is 0 Å². The van der Waals surface area contributed by atoms with Crippen LogP contribution in [0.15, 0.2) is 18.3 Å². The predicted molar refractivity (Wildman–Crippen MR) is 69.2 cm³/mol. The quantitative estimate of drug-likeness (QED) is 0.867. The van der Waals surface area contributed by atoms with Crippen LogP contribution in [0.4, 0.5) is 11.5 Å². The summed E-state index contributed by atoms with van der Waals surface area (Å²) in [4.78, 5) is 17.9. The summed E-state index contributed by atoms with van der Waals surface area (Å²) in [7, 11) is 3.64. The number of pyridine rings is 1. The van der Waals surface area contributed by atoms with Gasteiger partial charge in [-0.3, -0.25) is 4.79 Å². The van der Waals surface area contributed by atoms with Crippen LogP contribution in [0.2, 0.25) is 0 Å². The minimum atomic E-state index is 0.189. The molecule has 1 aromatic heterocycles. The molecule has 0 unspecified atom stereocenters. The smallest absolute Gasteiger partial charge is 0.227 e. The number of amides is 1. The molecule has 1 aliphatic carbocycles. The van der Waals surface area contributed by atoms with Crippen LogP contribution in [0.25, 0.3) is 0 Å². The zero-order valence-corrected chi connectivity index (χ0v) is 10.4. The van der Waals surface area contributed by atoms with Crippen LogP contribution in [-0.4, -0.2) is 25.0 Å². The van der Waals surface area contributed by atoms with E-state index in [0.717, 1.165) is 11.5 Å². The van der Waals surface area contributed by atoms with Gasteiger partial charge in [0.15, 0.2) is 0 Å². The maximum Gasteiger partial charge on any atom is 0.227 e. The fourth-order valence-corrected chi connectivity index (χ4v) is 1.96. The van der Waals surface area contributed by atoms with Gasteiger partial charge in [-0.15, -0.1) is 0 Å². The lowest BCUT2D eigenvalue weighted by Crippen LogP contribution is -2.29. The van der Waals surface area contributed by atoms with Gasteiger partial charge in [-0.05, 0) is 30.9 Å². The van der Waals surface area contributed by atoms with E-state index in [2.05, 4.69) is 10.3 Å². The van der Waals surface area contributed by atoms with Crippen molar-refractivity contribution in [2.24, 2.45) is 5.92 Å². The van der Waals surface area contributed by atoms with Crippen molar-refractivity contribution in [3.63, 3.8) is 0 Å². The molecule has 17 heavy (non-hydrogen) atoms. The molecule has 1 aliphatic rings. The first-order valence-corrected chi connectivity index (χ1v) is 6.11. The van der Waals surface area contributed by atoms with Crippen molar-refractivity contribution in [3.05, 3.63) is 18.3 Å². The SMILES string of the molecule is CNc1ccc(N(C)C(=O)CC2CCC2)cn1. The van der Waals surface area contributed by atoms with Gasteiger partial charge in [0, 0.05) is 20.5 Å². The summed E-state index contributed by atoms with van der Waals surface area (Å²) in [5.74, 6) is 1.61. The van der Waals surface area contributed by atoms with Crippen LogP contribution in [0.5, 0.6) is 0 Å². The van der Waals surface area contributed by atoms with Crippen molar-refractivity contribution >= 4 is 17.4 Å². The molecule has 1 fully saturated rings. The van der Waals surface area contributed by atoms with Gasteiger partial charge in [-0.25, -0.2) is 4.98 Å². The molecule has 0 aliphatic heterocycles. The number of rotatable bonds is 4. The van der Waals surface area contributed by atoms with E-state index in [1.54, 1.807) is 11.1 Å². The summed E-state index contributed by atoms with van der Waals surface area (Å²) in [6, 6.07) is 3.79. The second-order valence-electron chi connectivity index (χ2n) is 4.61. The third-order valence-corrected chi connectivity index (χ3v) is 3.45. The van der Waals surface area contributed by atoms with Crippen molar-refractivity contribution in [2.45, 2.75) is 25.7 Å². The van der Waals surface area contributed by atoms with E-state index in [1.165, 1.54) is 19.3 Å². The molecule has 1 N–H and O–H groups in total. The lowest BCUT2D eigenvalue weighted by atomic mass is 9.83. The lowest BCUT2D eigenvalue weighted by Gasteiger charge is -2.27. The Hall–Kier alpha value is -1.58. The van der Waals surface area contributed by atoms with Crippen LogP contribution in [0.3, 0.4) is 0 Å². The highest BCUT2D eigenvalue weighted by Gasteiger charge is 2.22. The fourth-order valence-electron chi connectivity index (χ4n) is 1.96. The van der Waals surface area contributed by atoms with E-state index in [1.807, 2.05) is 26.2 Å².